The molecule has 4 heteroatoms. The number of nitrogens with zero attached hydrogens (tertiary/aromatic N) is 2. The number of benzene rings is 5. The minimum atomic E-state index is 0.461. The van der Waals surface area contributed by atoms with E-state index < -0.39 is 0 Å². The zero-order chi connectivity index (χ0) is 29.9. The number of allylic oxidation sites excluding steroid dienone is 6. The molecule has 0 aromatic heterocycles. The third kappa shape index (κ3) is 6.15. The first-order chi connectivity index (χ1) is 20.6. The lowest BCUT2D eigenvalue weighted by atomic mass is 9.85. The maximum atomic E-state index is 9.63. The Labute approximate surface area is 247 Å². The van der Waals surface area contributed by atoms with Gasteiger partial charge in [-0.15, -0.1) is 0 Å². The second-order valence-electron chi connectivity index (χ2n) is 9.56. The highest BCUT2D eigenvalue weighted by atomic mass is 14.6. The predicted molar refractivity (Wildman–Crippen MR) is 177 cm³/mol. The second-order valence-corrected chi connectivity index (χ2v) is 9.56. The van der Waals surface area contributed by atoms with Gasteiger partial charge in [0.15, 0.2) is 6.19 Å². The van der Waals surface area contributed by atoms with Crippen LogP contribution in [0, 0.1) is 22.8 Å². The van der Waals surface area contributed by atoms with Crippen LogP contribution in [-0.4, -0.2) is 0 Å². The quantitative estimate of drug-likeness (QED) is 0.0703. The van der Waals surface area contributed by atoms with Gasteiger partial charge in [-0.05, 0) is 80.4 Å². The van der Waals surface area contributed by atoms with Crippen molar-refractivity contribution < 1.29 is 0 Å². The Balaban J connectivity index is 0.00000129. The van der Waals surface area contributed by atoms with Gasteiger partial charge in [0, 0.05) is 0 Å². The molecule has 0 bridgehead atoms. The molecule has 0 aliphatic carbocycles. The van der Waals surface area contributed by atoms with Crippen molar-refractivity contribution in [3.63, 3.8) is 0 Å². The highest BCUT2D eigenvalue weighted by molar-refractivity contribution is 6.21. The zero-order valence-corrected chi connectivity index (χ0v) is 23.6. The predicted octanol–water partition coefficient (Wildman–Crippen LogP) is 8.81. The molecule has 42 heavy (non-hydrogen) atoms. The lowest BCUT2D eigenvalue weighted by Crippen LogP contribution is -2.00. The molecule has 0 saturated heterocycles. The van der Waals surface area contributed by atoms with Crippen LogP contribution in [0.25, 0.3) is 49.5 Å². The van der Waals surface area contributed by atoms with Crippen LogP contribution in [0.3, 0.4) is 0 Å². The van der Waals surface area contributed by atoms with E-state index in [1.54, 1.807) is 6.08 Å². The summed E-state index contributed by atoms with van der Waals surface area (Å²) in [6.07, 6.45) is 11.6. The maximum absolute atomic E-state index is 9.63. The fraction of sp³-hybridized carbons (Fsp3) is 0.0526. The van der Waals surface area contributed by atoms with Gasteiger partial charge in [0.2, 0.25) is 0 Å². The molecule has 0 heterocycles. The highest BCUT2D eigenvalue weighted by Crippen LogP contribution is 2.44. The van der Waals surface area contributed by atoms with E-state index in [4.69, 9.17) is 11.0 Å². The van der Waals surface area contributed by atoms with Crippen molar-refractivity contribution in [2.24, 2.45) is 11.5 Å². The van der Waals surface area contributed by atoms with E-state index in [-0.39, 0.29) is 0 Å². The van der Waals surface area contributed by atoms with Crippen LogP contribution in [0.5, 0.6) is 0 Å². The molecule has 0 unspecified atom stereocenters. The summed E-state index contributed by atoms with van der Waals surface area (Å²) >= 11 is 0. The Morgan fingerprint density at radius 1 is 0.786 bits per heavy atom. The van der Waals surface area contributed by atoms with Crippen molar-refractivity contribution in [1.29, 1.82) is 10.5 Å². The van der Waals surface area contributed by atoms with Gasteiger partial charge in [0.05, 0.1) is 11.3 Å². The van der Waals surface area contributed by atoms with Gasteiger partial charge in [-0.3, -0.25) is 0 Å². The van der Waals surface area contributed by atoms with Gasteiger partial charge in [-0.2, -0.15) is 10.5 Å². The van der Waals surface area contributed by atoms with Crippen molar-refractivity contribution in [1.82, 2.24) is 0 Å². The van der Waals surface area contributed by atoms with E-state index >= 15 is 0 Å². The van der Waals surface area contributed by atoms with Gasteiger partial charge in [0.25, 0.3) is 0 Å². The number of nitriles is 2. The van der Waals surface area contributed by atoms with Crippen molar-refractivity contribution >= 4 is 27.2 Å². The van der Waals surface area contributed by atoms with Crippen LogP contribution >= 0.6 is 0 Å². The molecule has 5 rings (SSSR count). The summed E-state index contributed by atoms with van der Waals surface area (Å²) in [6.45, 7) is 5.66. The lowest BCUT2D eigenvalue weighted by molar-refractivity contribution is 1.27. The van der Waals surface area contributed by atoms with Crippen molar-refractivity contribution in [3.8, 4) is 34.5 Å². The summed E-state index contributed by atoms with van der Waals surface area (Å²) in [5.41, 5.74) is 18.3. The first-order valence-electron chi connectivity index (χ1n) is 13.6. The smallest absolute Gasteiger partial charge is 0.173 e. The summed E-state index contributed by atoms with van der Waals surface area (Å²) < 4.78 is 0. The average molecular weight is 545 g/mol. The molecule has 0 spiro atoms. The third-order valence-electron chi connectivity index (χ3n) is 6.98. The molecule has 0 fully saturated rings. The fourth-order valence-corrected chi connectivity index (χ4v) is 5.26. The van der Waals surface area contributed by atoms with E-state index in [9.17, 15) is 5.26 Å². The van der Waals surface area contributed by atoms with Crippen molar-refractivity contribution in [2.45, 2.75) is 13.3 Å². The number of rotatable bonds is 7. The Kier molecular flexibility index (Phi) is 9.71. The Morgan fingerprint density at radius 2 is 1.31 bits per heavy atom. The van der Waals surface area contributed by atoms with Crippen LogP contribution in [0.2, 0.25) is 0 Å². The summed E-state index contributed by atoms with van der Waals surface area (Å²) in [4.78, 5) is 0. The molecule has 5 aromatic carbocycles. The molecular weight excluding hydrogens is 512 g/mol. The van der Waals surface area contributed by atoms with E-state index in [2.05, 4.69) is 109 Å². The fourth-order valence-electron chi connectivity index (χ4n) is 5.26. The average Bonchev–Trinajstić information content (AvgIpc) is 3.02. The van der Waals surface area contributed by atoms with Crippen LogP contribution in [0.4, 0.5) is 0 Å². The van der Waals surface area contributed by atoms with Crippen LogP contribution in [0.1, 0.15) is 18.1 Å². The van der Waals surface area contributed by atoms with E-state index in [0.717, 1.165) is 23.1 Å². The normalized spacial score (nSPS) is 11.5. The largest absolute Gasteiger partial charge is 0.397 e. The molecule has 4 N–H and O–H groups in total. The highest BCUT2D eigenvalue weighted by Gasteiger charge is 2.17. The maximum Gasteiger partial charge on any atom is 0.173 e. The van der Waals surface area contributed by atoms with Gasteiger partial charge >= 0.3 is 0 Å². The van der Waals surface area contributed by atoms with Crippen LogP contribution in [0.15, 0.2) is 140 Å². The standard InChI is InChI=1S/C37H30N2.CH2N2/c1-3-5-6-14-26-15-11-16-27(23-26)35-31-19-7-9-21-33(31)36(34-22-10-8-20-32(34)35)28-17-12-18-29(24-28)37(39)30(25-38)13-4-2;2-1-3/h3-13,15-24H,1,14,39H2,2H3;2H2/b6-5-,13-4-,37-30+;. The summed E-state index contributed by atoms with van der Waals surface area (Å²) in [7, 11) is 0. The molecule has 0 atom stereocenters. The molecule has 4 nitrogen and oxygen atoms in total. The zero-order valence-electron chi connectivity index (χ0n) is 23.6. The molecule has 0 aliphatic rings. The number of hydrogen-bond donors (Lipinski definition) is 2. The van der Waals surface area contributed by atoms with Gasteiger partial charge in [0.1, 0.15) is 6.07 Å². The summed E-state index contributed by atoms with van der Waals surface area (Å²) in [5, 5.41) is 21.5. The molecule has 0 amide bonds. The molecule has 204 valence electrons. The Hall–Kier alpha value is -5.84. The Morgan fingerprint density at radius 3 is 1.81 bits per heavy atom. The topological polar surface area (TPSA) is 99.6 Å². The number of hydrogen-bond acceptors (Lipinski definition) is 4. The first kappa shape index (κ1) is 29.2. The minimum Gasteiger partial charge on any atom is -0.397 e. The lowest BCUT2D eigenvalue weighted by Gasteiger charge is -2.18. The van der Waals surface area contributed by atoms with E-state index in [0.29, 0.717) is 11.3 Å². The first-order valence-corrected chi connectivity index (χ1v) is 13.6. The molecule has 0 radical (unpaired) electrons. The molecule has 5 aromatic rings. The van der Waals surface area contributed by atoms with Crippen molar-refractivity contribution in [2.75, 3.05) is 0 Å². The Bertz CT molecular complexity index is 1870. The SMILES string of the molecule is C=C/C=C\Cc1cccc(-c2c3ccccc3c(-c3cccc(/C(N)=C(C#N)/C=C\C)c3)c3ccccc23)c1.N#CN. The molecular formula is C38H32N4. The van der Waals surface area contributed by atoms with E-state index in [1.807, 2.05) is 37.3 Å². The number of nitrogens with two attached hydrogens (primary N) is 2. The third-order valence-corrected chi connectivity index (χ3v) is 6.98. The van der Waals surface area contributed by atoms with Crippen LogP contribution < -0.4 is 11.5 Å². The molecule has 0 aliphatic heterocycles. The number of fused-ring (bicyclic) bond motifs is 2. The van der Waals surface area contributed by atoms with Crippen molar-refractivity contribution in [3.05, 3.63) is 151 Å². The van der Waals surface area contributed by atoms with Crippen LogP contribution in [-0.2, 0) is 6.42 Å². The monoisotopic (exact) mass is 544 g/mol. The summed E-state index contributed by atoms with van der Waals surface area (Å²) in [5.74, 6) is 0. The van der Waals surface area contributed by atoms with Gasteiger partial charge in [-0.1, -0.05) is 122 Å². The van der Waals surface area contributed by atoms with E-state index in [1.165, 1.54) is 44.4 Å². The molecule has 0 saturated carbocycles. The summed E-state index contributed by atoms with van der Waals surface area (Å²) in [6, 6.07) is 36.4. The minimum absolute atomic E-state index is 0.461. The van der Waals surface area contributed by atoms with Gasteiger partial charge in [-0.25, -0.2) is 0 Å². The second kappa shape index (κ2) is 14.0. The van der Waals surface area contributed by atoms with Gasteiger partial charge < -0.3 is 11.5 Å².